The third-order valence-corrected chi connectivity index (χ3v) is 2.88. The van der Waals surface area contributed by atoms with Crippen molar-refractivity contribution in [2.24, 2.45) is 0 Å². The topological polar surface area (TPSA) is 52.4 Å². The van der Waals surface area contributed by atoms with Crippen LogP contribution in [0.3, 0.4) is 0 Å². The van der Waals surface area contributed by atoms with E-state index in [1.54, 1.807) is 24.3 Å². The normalized spacial score (nSPS) is 10.1. The summed E-state index contributed by atoms with van der Waals surface area (Å²) in [6.07, 6.45) is 0. The van der Waals surface area contributed by atoms with E-state index in [1.165, 1.54) is 0 Å². The van der Waals surface area contributed by atoms with E-state index in [1.807, 2.05) is 0 Å². The fraction of sp³-hybridized carbons (Fsp3) is 0. The summed E-state index contributed by atoms with van der Waals surface area (Å²) >= 11 is 2.13. The third-order valence-electron chi connectivity index (χ3n) is 2.16. The summed E-state index contributed by atoms with van der Waals surface area (Å²) in [6.45, 7) is 0. The molecule has 2 aromatic rings. The fourth-order valence-electron chi connectivity index (χ4n) is 1.35. The van der Waals surface area contributed by atoms with Gasteiger partial charge in [-0.2, -0.15) is 0 Å². The molecule has 2 aromatic carbocycles. The van der Waals surface area contributed by atoms with Crippen molar-refractivity contribution < 1.29 is 14.1 Å². The first-order valence-electron chi connectivity index (χ1n) is 4.93. The van der Waals surface area contributed by atoms with Gasteiger partial charge in [-0.15, -0.1) is 0 Å². The van der Waals surface area contributed by atoms with E-state index in [0.29, 0.717) is 5.75 Å². The van der Waals surface area contributed by atoms with Crippen molar-refractivity contribution in [3.05, 3.63) is 62.0 Å². The minimum atomic E-state index is -0.610. The molecule has 0 saturated carbocycles. The first kappa shape index (κ1) is 12.7. The second-order valence-corrected chi connectivity index (χ2v) is 4.67. The zero-order valence-electron chi connectivity index (χ0n) is 8.97. The maximum atomic E-state index is 13.1. The molecule has 0 aliphatic rings. The van der Waals surface area contributed by atoms with Crippen molar-refractivity contribution in [1.82, 2.24) is 0 Å². The number of nitro groups is 1. The molecule has 0 aromatic heterocycles. The van der Waals surface area contributed by atoms with Crippen LogP contribution in [0.5, 0.6) is 11.5 Å². The molecule has 4 nitrogen and oxygen atoms in total. The molecular weight excluding hydrogens is 352 g/mol. The standard InChI is InChI=1S/C12H7FINO3/c13-8-1-6-11(15(16)17)12(7-8)18-10-4-2-9(14)3-5-10/h1-7H. The van der Waals surface area contributed by atoms with Gasteiger partial charge in [0.05, 0.1) is 4.92 Å². The molecule has 0 aliphatic carbocycles. The largest absolute Gasteiger partial charge is 0.450 e. The van der Waals surface area contributed by atoms with E-state index < -0.39 is 10.7 Å². The fourth-order valence-corrected chi connectivity index (χ4v) is 1.71. The number of benzene rings is 2. The van der Waals surface area contributed by atoms with Gasteiger partial charge in [0.2, 0.25) is 5.75 Å². The van der Waals surface area contributed by atoms with Crippen molar-refractivity contribution in [3.63, 3.8) is 0 Å². The Morgan fingerprint density at radius 1 is 1.17 bits per heavy atom. The Hall–Kier alpha value is -1.70. The third kappa shape index (κ3) is 2.95. The van der Waals surface area contributed by atoms with Gasteiger partial charge in [-0.25, -0.2) is 4.39 Å². The summed E-state index contributed by atoms with van der Waals surface area (Å²) in [6, 6.07) is 10.0. The Labute approximate surface area is 116 Å². The highest BCUT2D eigenvalue weighted by Gasteiger charge is 2.16. The summed E-state index contributed by atoms with van der Waals surface area (Å²) in [4.78, 5) is 10.2. The van der Waals surface area contributed by atoms with Gasteiger partial charge in [-0.3, -0.25) is 10.1 Å². The average Bonchev–Trinajstić information content (AvgIpc) is 2.32. The van der Waals surface area contributed by atoms with Gasteiger partial charge in [0, 0.05) is 15.7 Å². The van der Waals surface area contributed by atoms with Crippen LogP contribution in [0.2, 0.25) is 0 Å². The van der Waals surface area contributed by atoms with Crippen LogP contribution in [0, 0.1) is 19.5 Å². The van der Waals surface area contributed by atoms with Crippen LogP contribution in [0.25, 0.3) is 0 Å². The predicted octanol–water partition coefficient (Wildman–Crippen LogP) is 4.13. The summed E-state index contributed by atoms with van der Waals surface area (Å²) in [5, 5.41) is 10.8. The van der Waals surface area contributed by atoms with E-state index in [-0.39, 0.29) is 11.4 Å². The molecule has 0 heterocycles. The number of hydrogen-bond donors (Lipinski definition) is 0. The van der Waals surface area contributed by atoms with Crippen LogP contribution in [-0.2, 0) is 0 Å². The monoisotopic (exact) mass is 359 g/mol. The van der Waals surface area contributed by atoms with Crippen molar-refractivity contribution >= 4 is 28.3 Å². The number of rotatable bonds is 3. The second-order valence-electron chi connectivity index (χ2n) is 3.43. The van der Waals surface area contributed by atoms with E-state index in [9.17, 15) is 14.5 Å². The quantitative estimate of drug-likeness (QED) is 0.470. The second kappa shape index (κ2) is 5.30. The molecule has 0 fully saturated rings. The molecule has 92 valence electrons. The summed E-state index contributed by atoms with van der Waals surface area (Å²) in [5.41, 5.74) is -0.269. The Bertz CT molecular complexity index is 586. The Kier molecular flexibility index (Phi) is 3.75. The summed E-state index contributed by atoms with van der Waals surface area (Å²) < 4.78 is 19.4. The number of hydrogen-bond acceptors (Lipinski definition) is 3. The zero-order chi connectivity index (χ0) is 13.1. The van der Waals surface area contributed by atoms with Gasteiger partial charge in [0.1, 0.15) is 11.6 Å². The molecule has 0 atom stereocenters. The molecule has 0 spiro atoms. The Morgan fingerprint density at radius 2 is 1.83 bits per heavy atom. The first-order valence-corrected chi connectivity index (χ1v) is 6.01. The molecule has 0 amide bonds. The highest BCUT2D eigenvalue weighted by Crippen LogP contribution is 2.31. The molecule has 0 aliphatic heterocycles. The number of nitrogens with zero attached hydrogens (tertiary/aromatic N) is 1. The molecule has 0 saturated heterocycles. The van der Waals surface area contributed by atoms with Crippen LogP contribution in [0.4, 0.5) is 10.1 Å². The van der Waals surface area contributed by atoms with Gasteiger partial charge >= 0.3 is 5.69 Å². The first-order chi connectivity index (χ1) is 8.56. The minimum absolute atomic E-state index is 0.110. The Balaban J connectivity index is 2.35. The number of nitro benzene ring substituents is 1. The van der Waals surface area contributed by atoms with Crippen LogP contribution >= 0.6 is 22.6 Å². The van der Waals surface area contributed by atoms with Gasteiger partial charge in [0.15, 0.2) is 0 Å². The lowest BCUT2D eigenvalue weighted by Gasteiger charge is -2.06. The molecule has 0 unspecified atom stereocenters. The molecule has 18 heavy (non-hydrogen) atoms. The zero-order valence-corrected chi connectivity index (χ0v) is 11.1. The lowest BCUT2D eigenvalue weighted by Crippen LogP contribution is -1.94. The maximum Gasteiger partial charge on any atom is 0.311 e. The van der Waals surface area contributed by atoms with Gasteiger partial charge in [-0.05, 0) is 52.9 Å². The maximum absolute atomic E-state index is 13.1. The van der Waals surface area contributed by atoms with Gasteiger partial charge in [-0.1, -0.05) is 0 Å². The van der Waals surface area contributed by atoms with E-state index in [0.717, 1.165) is 21.8 Å². The van der Waals surface area contributed by atoms with E-state index >= 15 is 0 Å². The van der Waals surface area contributed by atoms with Crippen LogP contribution in [0.1, 0.15) is 0 Å². The predicted molar refractivity (Wildman–Crippen MR) is 72.3 cm³/mol. The van der Waals surface area contributed by atoms with Crippen LogP contribution in [-0.4, -0.2) is 4.92 Å². The highest BCUT2D eigenvalue weighted by atomic mass is 127. The van der Waals surface area contributed by atoms with Crippen LogP contribution in [0.15, 0.2) is 42.5 Å². The summed E-state index contributed by atoms with van der Waals surface area (Å²) in [5.74, 6) is -0.272. The van der Waals surface area contributed by atoms with E-state index in [4.69, 9.17) is 4.74 Å². The van der Waals surface area contributed by atoms with Crippen molar-refractivity contribution in [1.29, 1.82) is 0 Å². The number of ether oxygens (including phenoxy) is 1. The van der Waals surface area contributed by atoms with Crippen molar-refractivity contribution in [3.8, 4) is 11.5 Å². The van der Waals surface area contributed by atoms with Gasteiger partial charge < -0.3 is 4.74 Å². The highest BCUT2D eigenvalue weighted by molar-refractivity contribution is 14.1. The van der Waals surface area contributed by atoms with Crippen molar-refractivity contribution in [2.75, 3.05) is 0 Å². The van der Waals surface area contributed by atoms with E-state index in [2.05, 4.69) is 22.6 Å². The lowest BCUT2D eigenvalue weighted by atomic mass is 10.3. The lowest BCUT2D eigenvalue weighted by molar-refractivity contribution is -0.385. The minimum Gasteiger partial charge on any atom is -0.450 e. The van der Waals surface area contributed by atoms with Crippen LogP contribution < -0.4 is 4.74 Å². The summed E-state index contributed by atoms with van der Waals surface area (Å²) in [7, 11) is 0. The molecule has 0 radical (unpaired) electrons. The SMILES string of the molecule is O=[N+]([O-])c1ccc(F)cc1Oc1ccc(I)cc1. The number of halogens is 2. The molecule has 6 heteroatoms. The molecular formula is C12H7FINO3. The molecule has 0 N–H and O–H groups in total. The smallest absolute Gasteiger partial charge is 0.311 e. The average molecular weight is 359 g/mol. The molecule has 2 rings (SSSR count). The van der Waals surface area contributed by atoms with Gasteiger partial charge in [0.25, 0.3) is 0 Å². The molecule has 0 bridgehead atoms. The van der Waals surface area contributed by atoms with Crippen molar-refractivity contribution in [2.45, 2.75) is 0 Å². The Morgan fingerprint density at radius 3 is 2.44 bits per heavy atom.